The summed E-state index contributed by atoms with van der Waals surface area (Å²) in [4.78, 5) is 70.5. The number of fused-ring (bicyclic) bond motifs is 4. The molecule has 2 aromatic heterocycles. The fourth-order valence-corrected chi connectivity index (χ4v) is 8.87. The minimum absolute atomic E-state index is 0.0168. The smallest absolute Gasteiger partial charge is 0.308 e. The lowest BCUT2D eigenvalue weighted by Crippen LogP contribution is -2.52. The first-order valence-electron chi connectivity index (χ1n) is 18.2. The third-order valence-electron chi connectivity index (χ3n) is 10.2. The molecule has 1 saturated heterocycles. The van der Waals surface area contributed by atoms with Crippen LogP contribution >= 0.6 is 22.9 Å². The average Bonchev–Trinajstić information content (AvgIpc) is 3.78. The normalized spacial score (nSPS) is 17.6. The molecule has 3 aliphatic heterocycles. The van der Waals surface area contributed by atoms with Gasteiger partial charge >= 0.3 is 5.97 Å². The van der Waals surface area contributed by atoms with Crippen molar-refractivity contribution in [2.24, 2.45) is 4.99 Å². The number of piperidine rings is 1. The number of aryl methyl sites for hydroxylation is 1. The Morgan fingerprint density at radius 3 is 2.58 bits per heavy atom. The van der Waals surface area contributed by atoms with Gasteiger partial charge in [0.1, 0.15) is 28.7 Å². The summed E-state index contributed by atoms with van der Waals surface area (Å²) in [5.41, 5.74) is 4.33. The van der Waals surface area contributed by atoms with Crippen molar-refractivity contribution in [1.82, 2.24) is 25.0 Å². The quantitative estimate of drug-likeness (QED) is 0.0695. The molecule has 0 spiro atoms. The Morgan fingerprint density at radius 2 is 1.84 bits per heavy atom. The molecule has 0 bridgehead atoms. The predicted octanol–water partition coefficient (Wildman–Crippen LogP) is 6.20. The molecule has 0 aliphatic carbocycles. The Bertz CT molecular complexity index is 2250. The van der Waals surface area contributed by atoms with E-state index in [9.17, 15) is 28.4 Å². The number of carbonyl (C=O) groups is 5. The summed E-state index contributed by atoms with van der Waals surface area (Å²) in [6, 6.07) is 8.39. The second-order valence-corrected chi connectivity index (χ2v) is 15.3. The Hall–Kier alpha value is -5.28. The van der Waals surface area contributed by atoms with Gasteiger partial charge in [-0.1, -0.05) is 36.6 Å². The molecule has 2 N–H and O–H groups in total. The van der Waals surface area contributed by atoms with Crippen LogP contribution in [0.1, 0.15) is 111 Å². The third-order valence-corrected chi connectivity index (χ3v) is 11.8. The van der Waals surface area contributed by atoms with Gasteiger partial charge in [-0.2, -0.15) is 0 Å². The van der Waals surface area contributed by atoms with Crippen molar-refractivity contribution in [3.63, 3.8) is 0 Å². The number of thiophene rings is 1. The number of unbranched alkanes of at least 4 members (excludes halogenated alkanes) is 3. The number of aromatic nitrogens is 3. The number of anilines is 1. The summed E-state index contributed by atoms with van der Waals surface area (Å²) in [5, 5.41) is 15.6. The molecule has 0 saturated carbocycles. The van der Waals surface area contributed by atoms with Crippen molar-refractivity contribution in [1.29, 1.82) is 0 Å². The van der Waals surface area contributed by atoms with Gasteiger partial charge in [0.25, 0.3) is 5.91 Å². The number of imide groups is 1. The lowest BCUT2D eigenvalue weighted by atomic mass is 9.98. The molecule has 16 heteroatoms. The Morgan fingerprint density at radius 1 is 1.07 bits per heavy atom. The maximum atomic E-state index is 14.6. The molecule has 2 aromatic carbocycles. The number of carbonyl (C=O) groups excluding carboxylic acids is 5. The van der Waals surface area contributed by atoms with Gasteiger partial charge in [0, 0.05) is 58.9 Å². The maximum absolute atomic E-state index is 14.6. The number of hydrogen-bond donors (Lipinski definition) is 2. The number of ketones is 1. The van der Waals surface area contributed by atoms with Crippen molar-refractivity contribution >= 4 is 63.8 Å². The van der Waals surface area contributed by atoms with Crippen LogP contribution in [0.5, 0.6) is 0 Å². The van der Waals surface area contributed by atoms with E-state index in [2.05, 4.69) is 20.8 Å². The zero-order valence-electron chi connectivity index (χ0n) is 30.5. The van der Waals surface area contributed by atoms with Crippen LogP contribution in [-0.4, -0.2) is 74.5 Å². The molecule has 3 amide bonds. The number of amides is 3. The van der Waals surface area contributed by atoms with Crippen LogP contribution in [0.15, 0.2) is 41.4 Å². The van der Waals surface area contributed by atoms with E-state index in [-0.39, 0.29) is 43.1 Å². The van der Waals surface area contributed by atoms with Gasteiger partial charge in [-0.05, 0) is 62.9 Å². The van der Waals surface area contributed by atoms with Gasteiger partial charge in [0.05, 0.1) is 24.1 Å². The summed E-state index contributed by atoms with van der Waals surface area (Å²) in [7, 11) is 1.33. The van der Waals surface area contributed by atoms with E-state index in [4.69, 9.17) is 21.3 Å². The number of esters is 1. The number of Topliss-reactive ketones (excluding diaryl/α,β-unsaturated/α-hetero) is 1. The van der Waals surface area contributed by atoms with E-state index in [0.29, 0.717) is 57.9 Å². The predicted molar refractivity (Wildman–Crippen MR) is 204 cm³/mol. The van der Waals surface area contributed by atoms with E-state index in [1.807, 2.05) is 30.5 Å². The Labute approximate surface area is 325 Å². The minimum Gasteiger partial charge on any atom is -0.469 e. The Kier molecular flexibility index (Phi) is 10.9. The molecule has 1 unspecified atom stereocenters. The van der Waals surface area contributed by atoms with Crippen LogP contribution in [-0.2, 0) is 25.7 Å². The SMILES string of the molecule is COC(=O)C[C@@H]1N=C(c2ccc(Cl)cc2)c2c(sc(C(=O)CCCCCCNc3cc(F)cc4c3CN(C3CCC(=O)NC3=O)C4=O)c2C)-n2c(C)nnc21. The molecule has 4 aromatic rings. The summed E-state index contributed by atoms with van der Waals surface area (Å²) in [6.07, 6.45) is 3.71. The standard InChI is InChI=1S/C39H39ClFN7O6S/c1-20-33-34(22-9-11-23(40)12-10-22)43-28(18-32(51)54-3)36-46-45-21(2)48(36)39(33)55-35(20)30(49)8-6-4-5-7-15-42-27-17-24(41)16-25-26(27)19-47(38(25)53)29-13-14-31(50)44-37(29)52/h9-12,16-17,28-29,42H,4-8,13-15,18-19H2,1-3H3,(H,44,50,52)/t28-,29?/m0/s1. The number of halogens is 2. The largest absolute Gasteiger partial charge is 0.469 e. The molecular formula is C39H39ClFN7O6S. The second kappa shape index (κ2) is 15.8. The van der Waals surface area contributed by atoms with Crippen molar-refractivity contribution in [3.05, 3.63) is 91.6 Å². The highest BCUT2D eigenvalue weighted by Crippen LogP contribution is 2.41. The molecular weight excluding hydrogens is 749 g/mol. The van der Waals surface area contributed by atoms with Gasteiger partial charge < -0.3 is 15.0 Å². The van der Waals surface area contributed by atoms with E-state index >= 15 is 0 Å². The van der Waals surface area contributed by atoms with Crippen molar-refractivity contribution in [2.45, 2.75) is 83.8 Å². The maximum Gasteiger partial charge on any atom is 0.308 e. The van der Waals surface area contributed by atoms with Crippen molar-refractivity contribution < 1.29 is 33.1 Å². The molecule has 13 nitrogen and oxygen atoms in total. The number of ether oxygens (including phenoxy) is 1. The summed E-state index contributed by atoms with van der Waals surface area (Å²) >= 11 is 7.59. The number of hydrogen-bond acceptors (Lipinski definition) is 11. The number of nitrogens with one attached hydrogen (secondary N) is 2. The first-order valence-corrected chi connectivity index (χ1v) is 19.3. The first-order chi connectivity index (χ1) is 26.4. The topological polar surface area (TPSA) is 165 Å². The van der Waals surface area contributed by atoms with Crippen LogP contribution in [0.3, 0.4) is 0 Å². The molecule has 0 radical (unpaired) electrons. The van der Waals surface area contributed by atoms with Crippen LogP contribution in [0.25, 0.3) is 5.00 Å². The van der Waals surface area contributed by atoms with Crippen LogP contribution in [0.2, 0.25) is 5.02 Å². The number of rotatable bonds is 13. The lowest BCUT2D eigenvalue weighted by Gasteiger charge is -2.29. The fourth-order valence-electron chi connectivity index (χ4n) is 7.41. The third kappa shape index (κ3) is 7.55. The molecule has 5 heterocycles. The number of benzene rings is 2. The van der Waals surface area contributed by atoms with Crippen LogP contribution < -0.4 is 10.6 Å². The van der Waals surface area contributed by atoms with Gasteiger partial charge in [0.2, 0.25) is 11.8 Å². The minimum atomic E-state index is -0.780. The first kappa shape index (κ1) is 38.0. The van der Waals surface area contributed by atoms with E-state index in [1.54, 1.807) is 12.1 Å². The van der Waals surface area contributed by atoms with Gasteiger partial charge in [-0.3, -0.25) is 38.8 Å². The fraction of sp³-hybridized carbons (Fsp3) is 0.385. The van der Waals surface area contributed by atoms with E-state index < -0.39 is 35.7 Å². The van der Waals surface area contributed by atoms with Crippen LogP contribution in [0.4, 0.5) is 10.1 Å². The van der Waals surface area contributed by atoms with Crippen molar-refractivity contribution in [2.75, 3.05) is 19.0 Å². The summed E-state index contributed by atoms with van der Waals surface area (Å²) in [5.74, 6) is -1.19. The number of methoxy groups -OCH3 is 1. The highest BCUT2D eigenvalue weighted by atomic mass is 35.5. The monoisotopic (exact) mass is 787 g/mol. The van der Waals surface area contributed by atoms with Crippen molar-refractivity contribution in [3.8, 4) is 5.00 Å². The molecule has 286 valence electrons. The number of nitrogens with zero attached hydrogens (tertiary/aromatic N) is 5. The van der Waals surface area contributed by atoms with Crippen LogP contribution in [0, 0.1) is 19.7 Å². The molecule has 3 aliphatic rings. The van der Waals surface area contributed by atoms with Gasteiger partial charge in [-0.25, -0.2) is 4.39 Å². The Balaban J connectivity index is 0.997. The summed E-state index contributed by atoms with van der Waals surface area (Å²) < 4.78 is 21.4. The van der Waals surface area contributed by atoms with E-state index in [0.717, 1.165) is 41.0 Å². The molecule has 7 rings (SSSR count). The second-order valence-electron chi connectivity index (χ2n) is 13.9. The zero-order chi connectivity index (χ0) is 39.0. The highest BCUT2D eigenvalue weighted by molar-refractivity contribution is 7.17. The highest BCUT2D eigenvalue weighted by Gasteiger charge is 2.40. The molecule has 2 atom stereocenters. The summed E-state index contributed by atoms with van der Waals surface area (Å²) in [6.45, 7) is 4.42. The average molecular weight is 788 g/mol. The lowest BCUT2D eigenvalue weighted by molar-refractivity contribution is -0.141. The molecule has 1 fully saturated rings. The molecule has 55 heavy (non-hydrogen) atoms. The van der Waals surface area contributed by atoms with Gasteiger partial charge in [0.15, 0.2) is 11.6 Å². The zero-order valence-corrected chi connectivity index (χ0v) is 32.1. The number of aliphatic imine (C=N–C) groups is 1. The van der Waals surface area contributed by atoms with E-state index in [1.165, 1.54) is 35.5 Å². The van der Waals surface area contributed by atoms with Gasteiger partial charge in [-0.15, -0.1) is 21.5 Å².